The molecule has 1 atom stereocenters. The summed E-state index contributed by atoms with van der Waals surface area (Å²) in [6, 6.07) is 6.95. The third-order valence-corrected chi connectivity index (χ3v) is 5.29. The molecule has 0 aromatic heterocycles. The molecule has 1 aliphatic carbocycles. The summed E-state index contributed by atoms with van der Waals surface area (Å²) in [5.41, 5.74) is 1.69. The van der Waals surface area contributed by atoms with E-state index in [2.05, 4.69) is 5.32 Å². The molecule has 0 spiro atoms. The van der Waals surface area contributed by atoms with Gasteiger partial charge in [-0.15, -0.1) is 0 Å². The summed E-state index contributed by atoms with van der Waals surface area (Å²) >= 11 is 0. The van der Waals surface area contributed by atoms with E-state index in [1.807, 2.05) is 19.1 Å². The van der Waals surface area contributed by atoms with E-state index >= 15 is 0 Å². The fourth-order valence-corrected chi connectivity index (χ4v) is 3.82. The van der Waals surface area contributed by atoms with Crippen LogP contribution in [0.25, 0.3) is 0 Å². The van der Waals surface area contributed by atoms with E-state index in [1.165, 1.54) is 11.3 Å². The fourth-order valence-electron chi connectivity index (χ4n) is 3.82. The fraction of sp³-hybridized carbons (Fsp3) is 0.550. The number of nitrogens with one attached hydrogen (secondary N) is 1. The van der Waals surface area contributed by atoms with Crippen molar-refractivity contribution < 1.29 is 14.4 Å². The smallest absolute Gasteiger partial charge is 0.312 e. The predicted molar refractivity (Wildman–Crippen MR) is 95.3 cm³/mol. The SMILES string of the molecule is Cc1ccc(C(=O)C2CCCN2C(=O)C(=O)NC2CCCCC2)cc1. The van der Waals surface area contributed by atoms with Crippen LogP contribution < -0.4 is 5.32 Å². The summed E-state index contributed by atoms with van der Waals surface area (Å²) in [7, 11) is 0. The lowest BCUT2D eigenvalue weighted by molar-refractivity contribution is -0.146. The molecule has 2 aliphatic rings. The van der Waals surface area contributed by atoms with E-state index in [-0.39, 0.29) is 11.8 Å². The Morgan fingerprint density at radius 1 is 0.960 bits per heavy atom. The van der Waals surface area contributed by atoms with Crippen molar-refractivity contribution >= 4 is 17.6 Å². The molecule has 25 heavy (non-hydrogen) atoms. The van der Waals surface area contributed by atoms with Gasteiger partial charge in [0.25, 0.3) is 0 Å². The zero-order valence-corrected chi connectivity index (χ0v) is 14.8. The van der Waals surface area contributed by atoms with Crippen molar-refractivity contribution in [2.24, 2.45) is 0 Å². The lowest BCUT2D eigenvalue weighted by Crippen LogP contribution is -2.50. The lowest BCUT2D eigenvalue weighted by Gasteiger charge is -2.26. The number of likely N-dealkylation sites (tertiary alicyclic amines) is 1. The number of benzene rings is 1. The Balaban J connectivity index is 1.65. The van der Waals surface area contributed by atoms with Gasteiger partial charge < -0.3 is 10.2 Å². The van der Waals surface area contributed by atoms with Gasteiger partial charge in [0, 0.05) is 18.2 Å². The first-order chi connectivity index (χ1) is 12.1. The zero-order valence-electron chi connectivity index (χ0n) is 14.8. The molecule has 1 unspecified atom stereocenters. The van der Waals surface area contributed by atoms with Crippen molar-refractivity contribution in [2.45, 2.75) is 64.0 Å². The molecule has 1 saturated heterocycles. The summed E-state index contributed by atoms with van der Waals surface area (Å²) in [4.78, 5) is 39.1. The first-order valence-corrected chi connectivity index (χ1v) is 9.28. The Kier molecular flexibility index (Phi) is 5.51. The van der Waals surface area contributed by atoms with Gasteiger partial charge >= 0.3 is 11.8 Å². The van der Waals surface area contributed by atoms with Gasteiger partial charge in [-0.05, 0) is 32.6 Å². The van der Waals surface area contributed by atoms with Crippen LogP contribution in [0.15, 0.2) is 24.3 Å². The highest BCUT2D eigenvalue weighted by Gasteiger charge is 2.37. The minimum absolute atomic E-state index is 0.0729. The van der Waals surface area contributed by atoms with E-state index in [0.717, 1.165) is 37.7 Å². The average Bonchev–Trinajstić information content (AvgIpc) is 3.11. The number of Topliss-reactive ketones (excluding diaryl/α,β-unsaturated/α-hetero) is 1. The Labute approximate surface area is 148 Å². The van der Waals surface area contributed by atoms with Gasteiger partial charge in [-0.2, -0.15) is 0 Å². The Bertz CT molecular complexity index is 647. The van der Waals surface area contributed by atoms with Crippen LogP contribution >= 0.6 is 0 Å². The molecular formula is C20H26N2O3. The monoisotopic (exact) mass is 342 g/mol. The quantitative estimate of drug-likeness (QED) is 0.678. The Hall–Kier alpha value is -2.17. The van der Waals surface area contributed by atoms with Gasteiger partial charge in [0.2, 0.25) is 0 Å². The van der Waals surface area contributed by atoms with E-state index in [1.54, 1.807) is 12.1 Å². The molecule has 1 heterocycles. The third kappa shape index (κ3) is 4.09. The summed E-state index contributed by atoms with van der Waals surface area (Å²) in [6.07, 6.45) is 6.63. The van der Waals surface area contributed by atoms with Gasteiger partial charge in [0.1, 0.15) is 0 Å². The maximum Gasteiger partial charge on any atom is 0.312 e. The van der Waals surface area contributed by atoms with E-state index in [4.69, 9.17) is 0 Å². The van der Waals surface area contributed by atoms with Gasteiger partial charge in [-0.25, -0.2) is 0 Å². The van der Waals surface area contributed by atoms with Crippen molar-refractivity contribution in [3.8, 4) is 0 Å². The molecule has 0 bridgehead atoms. The maximum absolute atomic E-state index is 12.8. The molecular weight excluding hydrogens is 316 g/mol. The minimum atomic E-state index is -0.562. The number of carbonyl (C=O) groups is 3. The predicted octanol–water partition coefficient (Wildman–Crippen LogP) is 2.62. The zero-order chi connectivity index (χ0) is 17.8. The highest BCUT2D eigenvalue weighted by molar-refractivity contribution is 6.35. The molecule has 134 valence electrons. The van der Waals surface area contributed by atoms with Gasteiger partial charge in [-0.3, -0.25) is 14.4 Å². The highest BCUT2D eigenvalue weighted by Crippen LogP contribution is 2.22. The van der Waals surface area contributed by atoms with Crippen molar-refractivity contribution in [2.75, 3.05) is 6.54 Å². The first kappa shape index (κ1) is 17.6. The number of amides is 2. The Morgan fingerprint density at radius 2 is 1.64 bits per heavy atom. The number of rotatable bonds is 3. The molecule has 1 saturated carbocycles. The molecule has 1 aliphatic heterocycles. The molecule has 2 amide bonds. The van der Waals surface area contributed by atoms with Gasteiger partial charge in [0.05, 0.1) is 6.04 Å². The van der Waals surface area contributed by atoms with Crippen LogP contribution in [0.1, 0.15) is 60.9 Å². The second-order valence-electron chi connectivity index (χ2n) is 7.20. The van der Waals surface area contributed by atoms with E-state index in [0.29, 0.717) is 18.5 Å². The second kappa shape index (κ2) is 7.81. The number of aryl methyl sites for hydroxylation is 1. The van der Waals surface area contributed by atoms with Gasteiger partial charge in [-0.1, -0.05) is 49.1 Å². The van der Waals surface area contributed by atoms with Gasteiger partial charge in [0.15, 0.2) is 5.78 Å². The van der Waals surface area contributed by atoms with Crippen LogP contribution in [0.2, 0.25) is 0 Å². The van der Waals surface area contributed by atoms with Crippen LogP contribution in [-0.2, 0) is 9.59 Å². The normalized spacial score (nSPS) is 21.2. The third-order valence-electron chi connectivity index (χ3n) is 5.29. The molecule has 3 rings (SSSR count). The summed E-state index contributed by atoms with van der Waals surface area (Å²) in [5, 5.41) is 2.86. The van der Waals surface area contributed by atoms with Crippen molar-refractivity contribution in [1.29, 1.82) is 0 Å². The highest BCUT2D eigenvalue weighted by atomic mass is 16.2. The van der Waals surface area contributed by atoms with Crippen molar-refractivity contribution in [3.63, 3.8) is 0 Å². The number of hydrogen-bond acceptors (Lipinski definition) is 3. The number of ketones is 1. The molecule has 1 aromatic carbocycles. The van der Waals surface area contributed by atoms with E-state index in [9.17, 15) is 14.4 Å². The maximum atomic E-state index is 12.8. The first-order valence-electron chi connectivity index (χ1n) is 9.28. The average molecular weight is 342 g/mol. The molecule has 5 heteroatoms. The topological polar surface area (TPSA) is 66.5 Å². The van der Waals surface area contributed by atoms with Crippen LogP contribution in [0.3, 0.4) is 0 Å². The molecule has 1 N–H and O–H groups in total. The van der Waals surface area contributed by atoms with E-state index < -0.39 is 17.9 Å². The standard InChI is InChI=1S/C20H26N2O3/c1-14-9-11-15(12-10-14)18(23)17-8-5-13-22(17)20(25)19(24)21-16-6-3-2-4-7-16/h9-12,16-17H,2-8,13H2,1H3,(H,21,24). The molecule has 5 nitrogen and oxygen atoms in total. The van der Waals surface area contributed by atoms with Crippen LogP contribution in [0.5, 0.6) is 0 Å². The number of carbonyl (C=O) groups excluding carboxylic acids is 3. The summed E-state index contributed by atoms with van der Waals surface area (Å²) in [6.45, 7) is 2.44. The Morgan fingerprint density at radius 3 is 2.32 bits per heavy atom. The van der Waals surface area contributed by atoms with Crippen molar-refractivity contribution in [3.05, 3.63) is 35.4 Å². The number of nitrogens with zero attached hydrogens (tertiary/aromatic N) is 1. The van der Waals surface area contributed by atoms with Crippen LogP contribution in [0, 0.1) is 6.92 Å². The van der Waals surface area contributed by atoms with Crippen LogP contribution in [-0.4, -0.2) is 41.1 Å². The summed E-state index contributed by atoms with van der Waals surface area (Å²) in [5.74, 6) is -1.19. The largest absolute Gasteiger partial charge is 0.345 e. The summed E-state index contributed by atoms with van der Waals surface area (Å²) < 4.78 is 0. The lowest BCUT2D eigenvalue weighted by atomic mass is 9.95. The number of hydrogen-bond donors (Lipinski definition) is 1. The molecule has 1 aromatic rings. The minimum Gasteiger partial charge on any atom is -0.345 e. The van der Waals surface area contributed by atoms with Crippen molar-refractivity contribution in [1.82, 2.24) is 10.2 Å². The van der Waals surface area contributed by atoms with Crippen LogP contribution in [0.4, 0.5) is 0 Å². The second-order valence-corrected chi connectivity index (χ2v) is 7.20. The molecule has 2 fully saturated rings. The molecule has 0 radical (unpaired) electrons.